The molecule has 0 saturated carbocycles. The van der Waals surface area contributed by atoms with Crippen LogP contribution < -0.4 is 4.90 Å². The zero-order valence-corrected chi connectivity index (χ0v) is 11.6. The molecule has 0 amide bonds. The predicted molar refractivity (Wildman–Crippen MR) is 74.6 cm³/mol. The summed E-state index contributed by atoms with van der Waals surface area (Å²) in [6.45, 7) is 3.11. The van der Waals surface area contributed by atoms with Gasteiger partial charge in [0.25, 0.3) is 0 Å². The smallest absolute Gasteiger partial charge is 0.147 e. The SMILES string of the molecule is CN1CCC(CN(C)c2ccc(C#N)cc2F)CC1. The third-order valence-electron chi connectivity index (χ3n) is 3.86. The first-order valence-corrected chi connectivity index (χ1v) is 6.69. The van der Waals surface area contributed by atoms with E-state index in [-0.39, 0.29) is 5.82 Å². The fourth-order valence-electron chi connectivity index (χ4n) is 2.62. The zero-order chi connectivity index (χ0) is 13.8. The van der Waals surface area contributed by atoms with Crippen LogP contribution in [0.3, 0.4) is 0 Å². The van der Waals surface area contributed by atoms with E-state index >= 15 is 0 Å². The Kier molecular flexibility index (Phi) is 4.39. The highest BCUT2D eigenvalue weighted by Crippen LogP contribution is 2.23. The second-order valence-corrected chi connectivity index (χ2v) is 5.41. The van der Waals surface area contributed by atoms with Gasteiger partial charge in [0.1, 0.15) is 5.82 Å². The Morgan fingerprint density at radius 1 is 1.42 bits per heavy atom. The zero-order valence-electron chi connectivity index (χ0n) is 11.6. The molecule has 0 spiro atoms. The van der Waals surface area contributed by atoms with Gasteiger partial charge in [0.2, 0.25) is 0 Å². The highest BCUT2D eigenvalue weighted by Gasteiger charge is 2.19. The molecule has 0 radical (unpaired) electrons. The van der Waals surface area contributed by atoms with Crippen LogP contribution in [0.1, 0.15) is 18.4 Å². The van der Waals surface area contributed by atoms with Gasteiger partial charge in [0.15, 0.2) is 0 Å². The molecule has 2 rings (SSSR count). The van der Waals surface area contributed by atoms with E-state index in [0.717, 1.165) is 19.6 Å². The van der Waals surface area contributed by atoms with Crippen LogP contribution in [0.4, 0.5) is 10.1 Å². The summed E-state index contributed by atoms with van der Waals surface area (Å²) in [5.41, 5.74) is 0.951. The first-order valence-electron chi connectivity index (χ1n) is 6.69. The van der Waals surface area contributed by atoms with Crippen LogP contribution in [0.2, 0.25) is 0 Å². The van der Waals surface area contributed by atoms with Crippen LogP contribution in [0.5, 0.6) is 0 Å². The molecule has 0 N–H and O–H groups in total. The van der Waals surface area contributed by atoms with E-state index in [9.17, 15) is 4.39 Å². The molecule has 4 heteroatoms. The van der Waals surface area contributed by atoms with Crippen molar-refractivity contribution in [3.63, 3.8) is 0 Å². The first kappa shape index (κ1) is 13.8. The number of nitriles is 1. The second kappa shape index (κ2) is 6.03. The van der Waals surface area contributed by atoms with Crippen molar-refractivity contribution in [2.75, 3.05) is 38.6 Å². The van der Waals surface area contributed by atoms with Crippen LogP contribution in [-0.4, -0.2) is 38.6 Å². The van der Waals surface area contributed by atoms with Crippen molar-refractivity contribution in [3.05, 3.63) is 29.6 Å². The molecular weight excluding hydrogens is 241 g/mol. The summed E-state index contributed by atoms with van der Waals surface area (Å²) >= 11 is 0. The van der Waals surface area contributed by atoms with Crippen molar-refractivity contribution >= 4 is 5.69 Å². The number of halogens is 1. The lowest BCUT2D eigenvalue weighted by Crippen LogP contribution is -2.35. The van der Waals surface area contributed by atoms with Gasteiger partial charge in [-0.25, -0.2) is 4.39 Å². The summed E-state index contributed by atoms with van der Waals surface area (Å²) in [7, 11) is 4.06. The number of benzene rings is 1. The van der Waals surface area contributed by atoms with E-state index in [2.05, 4.69) is 11.9 Å². The third-order valence-corrected chi connectivity index (χ3v) is 3.86. The minimum absolute atomic E-state index is 0.311. The molecule has 1 aromatic carbocycles. The topological polar surface area (TPSA) is 30.3 Å². The number of likely N-dealkylation sites (tertiary alicyclic amines) is 1. The first-order chi connectivity index (χ1) is 9.10. The van der Waals surface area contributed by atoms with Crippen LogP contribution in [-0.2, 0) is 0 Å². The fraction of sp³-hybridized carbons (Fsp3) is 0.533. The normalized spacial score (nSPS) is 17.2. The predicted octanol–water partition coefficient (Wildman–Crippen LogP) is 2.48. The molecule has 102 valence electrons. The van der Waals surface area contributed by atoms with Crippen molar-refractivity contribution in [1.29, 1.82) is 5.26 Å². The molecule has 1 aliphatic heterocycles. The van der Waals surface area contributed by atoms with Gasteiger partial charge in [-0.2, -0.15) is 5.26 Å². The van der Waals surface area contributed by atoms with Crippen molar-refractivity contribution in [3.8, 4) is 6.07 Å². The van der Waals surface area contributed by atoms with Gasteiger partial charge in [-0.05, 0) is 57.1 Å². The minimum Gasteiger partial charge on any atom is -0.372 e. The average molecular weight is 261 g/mol. The average Bonchev–Trinajstić information content (AvgIpc) is 2.41. The molecule has 19 heavy (non-hydrogen) atoms. The van der Waals surface area contributed by atoms with Crippen molar-refractivity contribution in [2.45, 2.75) is 12.8 Å². The Labute approximate surface area is 114 Å². The number of rotatable bonds is 3. The summed E-state index contributed by atoms with van der Waals surface area (Å²) in [6, 6.07) is 6.63. The monoisotopic (exact) mass is 261 g/mol. The van der Waals surface area contributed by atoms with Gasteiger partial charge in [-0.15, -0.1) is 0 Å². The Morgan fingerprint density at radius 3 is 2.68 bits per heavy atom. The van der Waals surface area contributed by atoms with Crippen molar-refractivity contribution < 1.29 is 4.39 Å². The van der Waals surface area contributed by atoms with Crippen LogP contribution in [0.25, 0.3) is 0 Å². The van der Waals surface area contributed by atoms with E-state index in [1.165, 1.54) is 18.9 Å². The Bertz CT molecular complexity index is 473. The quantitative estimate of drug-likeness (QED) is 0.837. The van der Waals surface area contributed by atoms with Gasteiger partial charge in [0, 0.05) is 13.6 Å². The lowest BCUT2D eigenvalue weighted by atomic mass is 9.96. The van der Waals surface area contributed by atoms with E-state index in [1.807, 2.05) is 18.0 Å². The molecule has 0 bridgehead atoms. The number of nitrogens with zero attached hydrogens (tertiary/aromatic N) is 3. The fourth-order valence-corrected chi connectivity index (χ4v) is 2.62. The summed E-state index contributed by atoms with van der Waals surface area (Å²) in [4.78, 5) is 4.30. The summed E-state index contributed by atoms with van der Waals surface area (Å²) in [5, 5.41) is 8.74. The third kappa shape index (κ3) is 3.45. The summed E-state index contributed by atoms with van der Waals surface area (Å²) in [6.07, 6.45) is 2.33. The van der Waals surface area contributed by atoms with Gasteiger partial charge in [-0.3, -0.25) is 0 Å². The molecule has 1 heterocycles. The second-order valence-electron chi connectivity index (χ2n) is 5.41. The maximum absolute atomic E-state index is 13.9. The Balaban J connectivity index is 2.00. The molecule has 0 atom stereocenters. The van der Waals surface area contributed by atoms with E-state index in [4.69, 9.17) is 5.26 Å². The standard InChI is InChI=1S/C15H20FN3/c1-18-7-5-12(6-8-18)11-19(2)15-4-3-13(10-17)9-14(15)16/h3-4,9,12H,5-8,11H2,1-2H3. The number of anilines is 1. The number of hydrogen-bond donors (Lipinski definition) is 0. The van der Waals surface area contributed by atoms with E-state index in [1.54, 1.807) is 12.1 Å². The maximum Gasteiger partial charge on any atom is 0.147 e. The number of piperidine rings is 1. The highest BCUT2D eigenvalue weighted by atomic mass is 19.1. The van der Waals surface area contributed by atoms with Crippen molar-refractivity contribution in [1.82, 2.24) is 4.90 Å². The molecule has 1 aliphatic rings. The van der Waals surface area contributed by atoms with Crippen LogP contribution in [0.15, 0.2) is 18.2 Å². The van der Waals surface area contributed by atoms with E-state index < -0.39 is 0 Å². The van der Waals surface area contributed by atoms with Gasteiger partial charge >= 0.3 is 0 Å². The molecule has 1 saturated heterocycles. The summed E-state index contributed by atoms with van der Waals surface area (Å²) in [5.74, 6) is 0.311. The van der Waals surface area contributed by atoms with Gasteiger partial charge < -0.3 is 9.80 Å². The molecule has 0 aromatic heterocycles. The Hall–Kier alpha value is -1.60. The largest absolute Gasteiger partial charge is 0.372 e. The van der Waals surface area contributed by atoms with Crippen LogP contribution in [0, 0.1) is 23.1 Å². The molecule has 3 nitrogen and oxygen atoms in total. The summed E-state index contributed by atoms with van der Waals surface area (Å²) < 4.78 is 13.9. The molecular formula is C15H20FN3. The maximum atomic E-state index is 13.9. The Morgan fingerprint density at radius 2 is 2.11 bits per heavy atom. The van der Waals surface area contributed by atoms with Gasteiger partial charge in [0.05, 0.1) is 17.3 Å². The molecule has 1 fully saturated rings. The minimum atomic E-state index is -0.311. The molecule has 0 unspecified atom stereocenters. The van der Waals surface area contributed by atoms with Crippen LogP contribution >= 0.6 is 0 Å². The van der Waals surface area contributed by atoms with Gasteiger partial charge in [-0.1, -0.05) is 0 Å². The lowest BCUT2D eigenvalue weighted by Gasteiger charge is -2.32. The molecule has 0 aliphatic carbocycles. The lowest BCUT2D eigenvalue weighted by molar-refractivity contribution is 0.222. The number of hydrogen-bond acceptors (Lipinski definition) is 3. The highest BCUT2D eigenvalue weighted by molar-refractivity contribution is 5.50. The van der Waals surface area contributed by atoms with E-state index in [0.29, 0.717) is 17.2 Å². The van der Waals surface area contributed by atoms with Crippen molar-refractivity contribution in [2.24, 2.45) is 5.92 Å². The molecule has 1 aromatic rings.